The van der Waals surface area contributed by atoms with Crippen LogP contribution in [-0.2, 0) is 0 Å². The van der Waals surface area contributed by atoms with Gasteiger partial charge in [-0.05, 0) is 25.6 Å². The van der Waals surface area contributed by atoms with Gasteiger partial charge in [0.25, 0.3) is 0 Å². The molecule has 0 fully saturated rings. The van der Waals surface area contributed by atoms with E-state index in [4.69, 9.17) is 0 Å². The normalized spacial score (nSPS) is 12.1. The lowest BCUT2D eigenvalue weighted by Gasteiger charge is -2.20. The minimum absolute atomic E-state index is 0.185. The Kier molecular flexibility index (Phi) is 4.70. The summed E-state index contributed by atoms with van der Waals surface area (Å²) < 4.78 is 36.6. The Hall–Kier alpha value is -0.880. The lowest BCUT2D eigenvalue weighted by Crippen LogP contribution is -2.37. The molecule has 1 aromatic heterocycles. The number of likely N-dealkylation sites (N-methyl/N-ethyl adjacent to an activating group) is 1. The van der Waals surface area contributed by atoms with E-state index >= 15 is 0 Å². The van der Waals surface area contributed by atoms with Crippen molar-refractivity contribution >= 4 is 17.1 Å². The van der Waals surface area contributed by atoms with Crippen molar-refractivity contribution in [1.29, 1.82) is 0 Å². The summed E-state index contributed by atoms with van der Waals surface area (Å²) in [5.41, 5.74) is 0. The third kappa shape index (κ3) is 4.87. The molecule has 0 aliphatic carbocycles. The molecule has 0 atom stereocenters. The van der Waals surface area contributed by atoms with Crippen molar-refractivity contribution in [3.05, 3.63) is 21.9 Å². The number of hydrogen-bond acceptors (Lipinski definition) is 3. The zero-order chi connectivity index (χ0) is 13.1. The van der Waals surface area contributed by atoms with Crippen LogP contribution >= 0.6 is 11.3 Å². The van der Waals surface area contributed by atoms with E-state index in [0.717, 1.165) is 9.78 Å². The number of Topliss-reactive ketones (excluding diaryl/α,β-unsaturated/α-hetero) is 1. The van der Waals surface area contributed by atoms with Crippen molar-refractivity contribution in [1.82, 2.24) is 4.90 Å². The van der Waals surface area contributed by atoms with Gasteiger partial charge in [-0.25, -0.2) is 0 Å². The molecule has 0 aromatic carbocycles. The molecule has 1 rings (SSSR count). The fraction of sp³-hybridized carbons (Fsp3) is 0.545. The molecule has 0 aliphatic rings. The molecule has 0 N–H and O–H groups in total. The first-order chi connectivity index (χ1) is 7.81. The van der Waals surface area contributed by atoms with E-state index in [1.165, 1.54) is 11.3 Å². The van der Waals surface area contributed by atoms with Gasteiger partial charge in [0.15, 0.2) is 5.78 Å². The Balaban J connectivity index is 2.60. The second-order valence-corrected chi connectivity index (χ2v) is 5.04. The van der Waals surface area contributed by atoms with Gasteiger partial charge in [0, 0.05) is 4.88 Å². The lowest BCUT2D eigenvalue weighted by atomic mass is 10.3. The number of alkyl halides is 3. The van der Waals surface area contributed by atoms with Gasteiger partial charge in [0.05, 0.1) is 18.0 Å². The number of rotatable bonds is 5. The second-order valence-electron chi connectivity index (χ2n) is 3.75. The summed E-state index contributed by atoms with van der Waals surface area (Å²) >= 11 is 1.31. The molecule has 0 radical (unpaired) electrons. The summed E-state index contributed by atoms with van der Waals surface area (Å²) in [6, 6.07) is 3.45. The summed E-state index contributed by atoms with van der Waals surface area (Å²) in [7, 11) is 0. The maximum absolute atomic E-state index is 12.2. The van der Waals surface area contributed by atoms with E-state index in [1.54, 1.807) is 19.1 Å². The molecule has 6 heteroatoms. The van der Waals surface area contributed by atoms with Crippen LogP contribution in [0.3, 0.4) is 0 Å². The lowest BCUT2D eigenvalue weighted by molar-refractivity contribution is -0.144. The molecule has 2 nitrogen and oxygen atoms in total. The van der Waals surface area contributed by atoms with Crippen molar-refractivity contribution in [2.24, 2.45) is 0 Å². The van der Waals surface area contributed by atoms with Crippen LogP contribution in [0.1, 0.15) is 21.5 Å². The summed E-state index contributed by atoms with van der Waals surface area (Å²) in [4.78, 5) is 14.3. The van der Waals surface area contributed by atoms with Gasteiger partial charge in [0.2, 0.25) is 0 Å². The molecule has 1 aromatic rings. The van der Waals surface area contributed by atoms with E-state index in [-0.39, 0.29) is 18.9 Å². The highest BCUT2D eigenvalue weighted by Crippen LogP contribution is 2.19. The maximum Gasteiger partial charge on any atom is 0.401 e. The monoisotopic (exact) mass is 265 g/mol. The second kappa shape index (κ2) is 5.64. The fourth-order valence-corrected chi connectivity index (χ4v) is 2.20. The first-order valence-corrected chi connectivity index (χ1v) is 6.02. The van der Waals surface area contributed by atoms with Crippen molar-refractivity contribution in [2.45, 2.75) is 20.0 Å². The number of carbonyl (C=O) groups is 1. The molecule has 0 unspecified atom stereocenters. The molecule has 96 valence electrons. The Morgan fingerprint density at radius 2 is 2.06 bits per heavy atom. The molecule has 0 saturated heterocycles. The Bertz CT molecular complexity index is 386. The number of hydrogen-bond donors (Lipinski definition) is 0. The molecule has 0 bridgehead atoms. The highest BCUT2D eigenvalue weighted by molar-refractivity contribution is 7.14. The van der Waals surface area contributed by atoms with Crippen LogP contribution in [0.5, 0.6) is 0 Å². The van der Waals surface area contributed by atoms with E-state index in [1.807, 2.05) is 6.92 Å². The van der Waals surface area contributed by atoms with Gasteiger partial charge >= 0.3 is 6.18 Å². The maximum atomic E-state index is 12.2. The SMILES string of the molecule is CCN(CC(=O)c1ccc(C)s1)CC(F)(F)F. The van der Waals surface area contributed by atoms with Crippen LogP contribution in [0.25, 0.3) is 0 Å². The van der Waals surface area contributed by atoms with Crippen molar-refractivity contribution in [2.75, 3.05) is 19.6 Å². The van der Waals surface area contributed by atoms with Crippen molar-refractivity contribution in [3.63, 3.8) is 0 Å². The van der Waals surface area contributed by atoms with Gasteiger partial charge in [0.1, 0.15) is 0 Å². The van der Waals surface area contributed by atoms with E-state index in [2.05, 4.69) is 0 Å². The summed E-state index contributed by atoms with van der Waals surface area (Å²) in [6.45, 7) is 2.44. The number of halogens is 3. The third-order valence-electron chi connectivity index (χ3n) is 2.23. The molecule has 0 saturated carbocycles. The van der Waals surface area contributed by atoms with Crippen LogP contribution in [0.15, 0.2) is 12.1 Å². The predicted octanol–water partition coefficient (Wildman–Crippen LogP) is 3.12. The van der Waals surface area contributed by atoms with Crippen LogP contribution in [0.2, 0.25) is 0 Å². The first kappa shape index (κ1) is 14.2. The van der Waals surface area contributed by atoms with Gasteiger partial charge < -0.3 is 0 Å². The standard InChI is InChI=1S/C11H14F3NOS/c1-3-15(7-11(12,13)14)6-9(16)10-5-4-8(2)17-10/h4-5H,3,6-7H2,1-2H3. The first-order valence-electron chi connectivity index (χ1n) is 5.20. The smallest absolute Gasteiger partial charge is 0.292 e. The minimum atomic E-state index is -4.26. The largest absolute Gasteiger partial charge is 0.401 e. The number of aryl methyl sites for hydroxylation is 1. The van der Waals surface area contributed by atoms with E-state index < -0.39 is 12.7 Å². The molecule has 1 heterocycles. The van der Waals surface area contributed by atoms with Gasteiger partial charge in [-0.15, -0.1) is 11.3 Å². The molecule has 0 aliphatic heterocycles. The average Bonchev–Trinajstić information content (AvgIpc) is 2.61. The zero-order valence-electron chi connectivity index (χ0n) is 9.67. The molecule has 0 spiro atoms. The number of thiophene rings is 1. The molecule has 0 amide bonds. The van der Waals surface area contributed by atoms with Crippen LogP contribution in [0, 0.1) is 6.92 Å². The zero-order valence-corrected chi connectivity index (χ0v) is 10.5. The number of nitrogens with zero attached hydrogens (tertiary/aromatic N) is 1. The van der Waals surface area contributed by atoms with Crippen LogP contribution in [-0.4, -0.2) is 36.5 Å². The molecule has 17 heavy (non-hydrogen) atoms. The van der Waals surface area contributed by atoms with E-state index in [0.29, 0.717) is 4.88 Å². The van der Waals surface area contributed by atoms with Gasteiger partial charge in [-0.3, -0.25) is 9.69 Å². The fourth-order valence-electron chi connectivity index (χ4n) is 1.40. The molecular weight excluding hydrogens is 251 g/mol. The van der Waals surface area contributed by atoms with Gasteiger partial charge in [-0.2, -0.15) is 13.2 Å². The van der Waals surface area contributed by atoms with Crippen LogP contribution in [0.4, 0.5) is 13.2 Å². The number of carbonyl (C=O) groups excluding carboxylic acids is 1. The Labute approximate surface area is 102 Å². The summed E-state index contributed by atoms with van der Waals surface area (Å²) in [5, 5.41) is 0. The average molecular weight is 265 g/mol. The quantitative estimate of drug-likeness (QED) is 0.762. The predicted molar refractivity (Wildman–Crippen MR) is 61.6 cm³/mol. The van der Waals surface area contributed by atoms with Crippen LogP contribution < -0.4 is 0 Å². The summed E-state index contributed by atoms with van der Waals surface area (Å²) in [6.07, 6.45) is -4.26. The Morgan fingerprint density at radius 1 is 1.41 bits per heavy atom. The molecular formula is C11H14F3NOS. The summed E-state index contributed by atoms with van der Waals surface area (Å²) in [5.74, 6) is -0.255. The number of ketones is 1. The highest BCUT2D eigenvalue weighted by Gasteiger charge is 2.30. The third-order valence-corrected chi connectivity index (χ3v) is 3.27. The Morgan fingerprint density at radius 3 is 2.47 bits per heavy atom. The van der Waals surface area contributed by atoms with Crippen molar-refractivity contribution < 1.29 is 18.0 Å². The minimum Gasteiger partial charge on any atom is -0.292 e. The van der Waals surface area contributed by atoms with Gasteiger partial charge in [-0.1, -0.05) is 6.92 Å². The topological polar surface area (TPSA) is 20.3 Å². The van der Waals surface area contributed by atoms with E-state index in [9.17, 15) is 18.0 Å². The highest BCUT2D eigenvalue weighted by atomic mass is 32.1. The van der Waals surface area contributed by atoms with Crippen molar-refractivity contribution in [3.8, 4) is 0 Å².